The Kier molecular flexibility index (Phi) is 2.85. The summed E-state index contributed by atoms with van der Waals surface area (Å²) in [4.78, 5) is 4.25. The number of hydrogen-bond acceptors (Lipinski definition) is 1. The number of rotatable bonds is 1. The zero-order chi connectivity index (χ0) is 9.97. The molecule has 1 aromatic heterocycles. The smallest absolute Gasteiger partial charge is 0.0714 e. The number of benzene rings is 1. The standard InChI is InChI=1S/C11H7BrClN/c12-10-4-2-1-3-9(10)11-6-5-8(13)7-14-11/h1-7H. The lowest BCUT2D eigenvalue weighted by atomic mass is 10.1. The van der Waals surface area contributed by atoms with Gasteiger partial charge < -0.3 is 0 Å². The molecule has 2 aromatic rings. The van der Waals surface area contributed by atoms with Crippen molar-refractivity contribution in [1.82, 2.24) is 4.98 Å². The van der Waals surface area contributed by atoms with Crippen LogP contribution in [0.4, 0.5) is 0 Å². The molecule has 0 saturated heterocycles. The van der Waals surface area contributed by atoms with Crippen molar-refractivity contribution in [2.45, 2.75) is 0 Å². The molecule has 0 N–H and O–H groups in total. The summed E-state index contributed by atoms with van der Waals surface area (Å²) in [6.45, 7) is 0. The van der Waals surface area contributed by atoms with Crippen LogP contribution in [0.25, 0.3) is 11.3 Å². The van der Waals surface area contributed by atoms with Crippen LogP contribution in [0.1, 0.15) is 0 Å². The minimum atomic E-state index is 0.654. The van der Waals surface area contributed by atoms with Crippen LogP contribution in [0, 0.1) is 0 Å². The minimum Gasteiger partial charge on any atom is -0.255 e. The monoisotopic (exact) mass is 267 g/mol. The first-order valence-electron chi connectivity index (χ1n) is 4.14. The molecule has 1 aromatic carbocycles. The molecule has 0 bridgehead atoms. The summed E-state index contributed by atoms with van der Waals surface area (Å²) in [5, 5.41) is 0.654. The topological polar surface area (TPSA) is 12.9 Å². The molecule has 0 spiro atoms. The second-order valence-corrected chi connectivity index (χ2v) is 4.13. The van der Waals surface area contributed by atoms with Gasteiger partial charge in [0.2, 0.25) is 0 Å². The van der Waals surface area contributed by atoms with E-state index in [0.717, 1.165) is 15.7 Å². The molecule has 0 saturated carbocycles. The predicted molar refractivity (Wildman–Crippen MR) is 62.4 cm³/mol. The van der Waals surface area contributed by atoms with E-state index in [9.17, 15) is 0 Å². The van der Waals surface area contributed by atoms with E-state index in [-0.39, 0.29) is 0 Å². The molecule has 2 rings (SSSR count). The highest BCUT2D eigenvalue weighted by Crippen LogP contribution is 2.26. The largest absolute Gasteiger partial charge is 0.255 e. The van der Waals surface area contributed by atoms with Gasteiger partial charge in [-0.3, -0.25) is 4.98 Å². The fraction of sp³-hybridized carbons (Fsp3) is 0. The minimum absolute atomic E-state index is 0.654. The molecule has 0 aliphatic heterocycles. The highest BCUT2D eigenvalue weighted by Gasteiger charge is 2.02. The van der Waals surface area contributed by atoms with E-state index in [1.807, 2.05) is 36.4 Å². The Labute approximate surface area is 95.9 Å². The van der Waals surface area contributed by atoms with Gasteiger partial charge in [0.1, 0.15) is 0 Å². The quantitative estimate of drug-likeness (QED) is 0.756. The molecule has 0 radical (unpaired) electrons. The summed E-state index contributed by atoms with van der Waals surface area (Å²) in [5.41, 5.74) is 1.99. The van der Waals surface area contributed by atoms with Crippen molar-refractivity contribution in [2.75, 3.05) is 0 Å². The lowest BCUT2D eigenvalue weighted by Crippen LogP contribution is -1.83. The SMILES string of the molecule is Clc1ccc(-c2ccccc2Br)nc1. The van der Waals surface area contributed by atoms with Gasteiger partial charge in [0.25, 0.3) is 0 Å². The molecular weight excluding hydrogens is 261 g/mol. The molecule has 0 amide bonds. The van der Waals surface area contributed by atoms with Crippen molar-refractivity contribution in [1.29, 1.82) is 0 Å². The first-order valence-corrected chi connectivity index (χ1v) is 5.31. The van der Waals surface area contributed by atoms with E-state index in [1.165, 1.54) is 0 Å². The van der Waals surface area contributed by atoms with Crippen molar-refractivity contribution in [2.24, 2.45) is 0 Å². The van der Waals surface area contributed by atoms with E-state index in [1.54, 1.807) is 6.20 Å². The Hall–Kier alpha value is -0.860. The van der Waals surface area contributed by atoms with Gasteiger partial charge in [-0.05, 0) is 18.2 Å². The Bertz CT molecular complexity index is 439. The summed E-state index contributed by atoms with van der Waals surface area (Å²) in [7, 11) is 0. The number of halogens is 2. The Morgan fingerprint density at radius 2 is 1.86 bits per heavy atom. The summed E-state index contributed by atoms with van der Waals surface area (Å²) >= 11 is 9.24. The molecule has 0 aliphatic rings. The Morgan fingerprint density at radius 1 is 1.07 bits per heavy atom. The van der Waals surface area contributed by atoms with Crippen LogP contribution in [0.15, 0.2) is 47.1 Å². The number of aromatic nitrogens is 1. The van der Waals surface area contributed by atoms with Gasteiger partial charge in [0, 0.05) is 16.2 Å². The van der Waals surface area contributed by atoms with Gasteiger partial charge in [0.15, 0.2) is 0 Å². The molecule has 3 heteroatoms. The maximum absolute atomic E-state index is 5.76. The Balaban J connectivity index is 2.50. The third-order valence-electron chi connectivity index (χ3n) is 1.88. The summed E-state index contributed by atoms with van der Waals surface area (Å²) in [5.74, 6) is 0. The van der Waals surface area contributed by atoms with Gasteiger partial charge in [-0.1, -0.05) is 45.7 Å². The van der Waals surface area contributed by atoms with E-state index in [4.69, 9.17) is 11.6 Å². The first kappa shape index (κ1) is 9.69. The van der Waals surface area contributed by atoms with Crippen LogP contribution in [-0.4, -0.2) is 4.98 Å². The molecule has 70 valence electrons. The number of nitrogens with zero attached hydrogens (tertiary/aromatic N) is 1. The van der Waals surface area contributed by atoms with Crippen LogP contribution < -0.4 is 0 Å². The average molecular weight is 269 g/mol. The van der Waals surface area contributed by atoms with Crippen LogP contribution in [0.3, 0.4) is 0 Å². The summed E-state index contributed by atoms with van der Waals surface area (Å²) < 4.78 is 1.04. The molecule has 0 fully saturated rings. The molecule has 0 unspecified atom stereocenters. The molecule has 14 heavy (non-hydrogen) atoms. The third-order valence-corrected chi connectivity index (χ3v) is 2.79. The summed E-state index contributed by atoms with van der Waals surface area (Å²) in [6.07, 6.45) is 1.65. The zero-order valence-electron chi connectivity index (χ0n) is 7.24. The van der Waals surface area contributed by atoms with Crippen molar-refractivity contribution < 1.29 is 0 Å². The normalized spacial score (nSPS) is 10.1. The van der Waals surface area contributed by atoms with Gasteiger partial charge in [-0.25, -0.2) is 0 Å². The van der Waals surface area contributed by atoms with E-state index in [2.05, 4.69) is 20.9 Å². The van der Waals surface area contributed by atoms with Crippen LogP contribution >= 0.6 is 27.5 Å². The first-order chi connectivity index (χ1) is 6.77. The maximum atomic E-state index is 5.76. The molecule has 0 aliphatic carbocycles. The van der Waals surface area contributed by atoms with E-state index in [0.29, 0.717) is 5.02 Å². The molecule has 1 nitrogen and oxygen atoms in total. The Morgan fingerprint density at radius 3 is 2.50 bits per heavy atom. The van der Waals surface area contributed by atoms with Crippen molar-refractivity contribution in [3.63, 3.8) is 0 Å². The highest BCUT2D eigenvalue weighted by molar-refractivity contribution is 9.10. The number of pyridine rings is 1. The zero-order valence-corrected chi connectivity index (χ0v) is 9.59. The van der Waals surface area contributed by atoms with Crippen molar-refractivity contribution >= 4 is 27.5 Å². The molecular formula is C11H7BrClN. The fourth-order valence-electron chi connectivity index (χ4n) is 1.20. The fourth-order valence-corrected chi connectivity index (χ4v) is 1.80. The van der Waals surface area contributed by atoms with Crippen molar-refractivity contribution in [3.05, 3.63) is 52.1 Å². The van der Waals surface area contributed by atoms with Crippen LogP contribution in [-0.2, 0) is 0 Å². The van der Waals surface area contributed by atoms with Gasteiger partial charge >= 0.3 is 0 Å². The average Bonchev–Trinajstić information content (AvgIpc) is 2.20. The molecule has 0 atom stereocenters. The van der Waals surface area contributed by atoms with Gasteiger partial charge in [-0.15, -0.1) is 0 Å². The van der Waals surface area contributed by atoms with E-state index < -0.39 is 0 Å². The van der Waals surface area contributed by atoms with Crippen molar-refractivity contribution in [3.8, 4) is 11.3 Å². The van der Waals surface area contributed by atoms with E-state index >= 15 is 0 Å². The summed E-state index contributed by atoms with van der Waals surface area (Å²) in [6, 6.07) is 11.7. The van der Waals surface area contributed by atoms with Crippen LogP contribution in [0.2, 0.25) is 5.02 Å². The second kappa shape index (κ2) is 4.11. The van der Waals surface area contributed by atoms with Gasteiger partial charge in [0.05, 0.1) is 10.7 Å². The third kappa shape index (κ3) is 1.97. The highest BCUT2D eigenvalue weighted by atomic mass is 79.9. The van der Waals surface area contributed by atoms with Crippen LogP contribution in [0.5, 0.6) is 0 Å². The lowest BCUT2D eigenvalue weighted by Gasteiger charge is -2.02. The number of hydrogen-bond donors (Lipinski definition) is 0. The lowest BCUT2D eigenvalue weighted by molar-refractivity contribution is 1.32. The maximum Gasteiger partial charge on any atom is 0.0714 e. The second-order valence-electron chi connectivity index (χ2n) is 2.84. The predicted octanol–water partition coefficient (Wildman–Crippen LogP) is 4.16. The molecule has 1 heterocycles. The van der Waals surface area contributed by atoms with Gasteiger partial charge in [-0.2, -0.15) is 0 Å².